The average molecular weight is 601 g/mol. The lowest BCUT2D eigenvalue weighted by Crippen LogP contribution is -2.54. The molecule has 0 spiro atoms. The molecule has 0 aromatic heterocycles. The van der Waals surface area contributed by atoms with Crippen molar-refractivity contribution in [1.29, 1.82) is 0 Å². The van der Waals surface area contributed by atoms with Crippen molar-refractivity contribution in [3.8, 4) is 0 Å². The van der Waals surface area contributed by atoms with Crippen molar-refractivity contribution >= 4 is 43.5 Å². The van der Waals surface area contributed by atoms with Crippen molar-refractivity contribution in [3.63, 3.8) is 0 Å². The van der Waals surface area contributed by atoms with Gasteiger partial charge < -0.3 is 10.2 Å². The quantitative estimate of drug-likeness (QED) is 0.317. The second-order valence-electron chi connectivity index (χ2n) is 9.21. The predicted octanol–water partition coefficient (Wildman–Crippen LogP) is 5.02. The van der Waals surface area contributed by atoms with Crippen molar-refractivity contribution in [2.45, 2.75) is 50.6 Å². The highest BCUT2D eigenvalue weighted by Crippen LogP contribution is 2.26. The summed E-state index contributed by atoms with van der Waals surface area (Å²) in [6.45, 7) is 5.40. The summed E-state index contributed by atoms with van der Waals surface area (Å²) < 4.78 is 29.4. The molecule has 1 atom stereocenters. The van der Waals surface area contributed by atoms with Gasteiger partial charge in [0.2, 0.25) is 11.8 Å². The largest absolute Gasteiger partial charge is 0.352 e. The van der Waals surface area contributed by atoms with E-state index in [9.17, 15) is 18.0 Å². The predicted molar refractivity (Wildman–Crippen MR) is 154 cm³/mol. The Labute approximate surface area is 234 Å². The molecular formula is C29H34BrN3O4S. The van der Waals surface area contributed by atoms with E-state index in [0.29, 0.717) is 18.5 Å². The molecule has 3 rings (SSSR count). The molecule has 0 heterocycles. The van der Waals surface area contributed by atoms with Gasteiger partial charge in [-0.15, -0.1) is 0 Å². The number of anilines is 1. The van der Waals surface area contributed by atoms with Crippen molar-refractivity contribution in [2.75, 3.05) is 17.4 Å². The zero-order chi connectivity index (χ0) is 27.7. The molecule has 0 radical (unpaired) electrons. The maximum absolute atomic E-state index is 13.9. The van der Waals surface area contributed by atoms with Gasteiger partial charge >= 0.3 is 0 Å². The van der Waals surface area contributed by atoms with Crippen LogP contribution in [-0.4, -0.2) is 50.3 Å². The Morgan fingerprint density at radius 2 is 1.47 bits per heavy atom. The Balaban J connectivity index is 1.99. The molecular weight excluding hydrogens is 566 g/mol. The Morgan fingerprint density at radius 1 is 0.895 bits per heavy atom. The van der Waals surface area contributed by atoms with Crippen LogP contribution in [0.4, 0.5) is 5.69 Å². The lowest BCUT2D eigenvalue weighted by molar-refractivity contribution is -0.139. The van der Waals surface area contributed by atoms with E-state index in [1.165, 1.54) is 17.0 Å². The molecule has 9 heteroatoms. The first-order valence-corrected chi connectivity index (χ1v) is 14.8. The smallest absolute Gasteiger partial charge is 0.264 e. The molecule has 202 valence electrons. The number of carbonyl (C=O) groups excluding carboxylic acids is 2. The van der Waals surface area contributed by atoms with Crippen LogP contribution in [0.2, 0.25) is 0 Å². The number of nitrogens with one attached hydrogen (secondary N) is 1. The number of hydrogen-bond acceptors (Lipinski definition) is 4. The summed E-state index contributed by atoms with van der Waals surface area (Å²) >= 11 is 3.38. The molecule has 3 aromatic rings. The van der Waals surface area contributed by atoms with Crippen LogP contribution >= 0.6 is 15.9 Å². The number of benzene rings is 3. The minimum Gasteiger partial charge on any atom is -0.352 e. The maximum Gasteiger partial charge on any atom is 0.264 e. The van der Waals surface area contributed by atoms with Crippen molar-refractivity contribution < 1.29 is 18.0 Å². The number of halogens is 1. The van der Waals surface area contributed by atoms with E-state index in [1.54, 1.807) is 42.5 Å². The van der Waals surface area contributed by atoms with Gasteiger partial charge in [-0.3, -0.25) is 13.9 Å². The van der Waals surface area contributed by atoms with E-state index in [-0.39, 0.29) is 23.4 Å². The van der Waals surface area contributed by atoms with E-state index in [4.69, 9.17) is 0 Å². The minimum absolute atomic E-state index is 0.0798. The zero-order valence-corrected chi connectivity index (χ0v) is 24.3. The Bertz CT molecular complexity index is 1300. The Kier molecular flexibility index (Phi) is 10.5. The van der Waals surface area contributed by atoms with E-state index < -0.39 is 28.5 Å². The second kappa shape index (κ2) is 13.6. The first kappa shape index (κ1) is 29.4. The van der Waals surface area contributed by atoms with Crippen molar-refractivity contribution in [3.05, 3.63) is 95.0 Å². The van der Waals surface area contributed by atoms with E-state index >= 15 is 0 Å². The van der Waals surface area contributed by atoms with Gasteiger partial charge in [0.15, 0.2) is 0 Å². The fourth-order valence-electron chi connectivity index (χ4n) is 4.13. The molecule has 3 aromatic carbocycles. The SMILES string of the molecule is CC[C@@H](C(=O)NC(C)C)N(CCc1ccccc1)C(=O)CN(c1ccc(Br)cc1)S(=O)(=O)c1ccccc1. The highest BCUT2D eigenvalue weighted by molar-refractivity contribution is 9.10. The van der Waals surface area contributed by atoms with Gasteiger partial charge in [-0.1, -0.05) is 71.4 Å². The third kappa shape index (κ3) is 7.68. The molecule has 1 N–H and O–H groups in total. The minimum atomic E-state index is -4.06. The number of hydrogen-bond donors (Lipinski definition) is 1. The summed E-state index contributed by atoms with van der Waals surface area (Å²) in [7, 11) is -4.06. The number of rotatable bonds is 12. The third-order valence-electron chi connectivity index (χ3n) is 6.03. The Morgan fingerprint density at radius 3 is 2.03 bits per heavy atom. The van der Waals surface area contributed by atoms with Crippen LogP contribution in [0, 0.1) is 0 Å². The van der Waals surface area contributed by atoms with Gasteiger partial charge in [-0.25, -0.2) is 8.42 Å². The standard InChI is InChI=1S/C29H34BrN3O4S/c1-4-27(29(35)31-22(2)3)32(20-19-23-11-7-5-8-12-23)28(34)21-33(25-17-15-24(30)16-18-25)38(36,37)26-13-9-6-10-14-26/h5-18,22,27H,4,19-21H2,1-3H3,(H,31,35)/t27-/m0/s1. The first-order valence-electron chi connectivity index (χ1n) is 12.6. The van der Waals surface area contributed by atoms with Gasteiger partial charge in [0.05, 0.1) is 10.6 Å². The summed E-state index contributed by atoms with van der Waals surface area (Å²) in [5, 5.41) is 2.90. The monoisotopic (exact) mass is 599 g/mol. The van der Waals surface area contributed by atoms with Crippen LogP contribution in [0.3, 0.4) is 0 Å². The molecule has 0 aliphatic heterocycles. The third-order valence-corrected chi connectivity index (χ3v) is 8.34. The van der Waals surface area contributed by atoms with Crippen LogP contribution in [0.25, 0.3) is 0 Å². The van der Waals surface area contributed by atoms with Crippen molar-refractivity contribution in [2.24, 2.45) is 0 Å². The lowest BCUT2D eigenvalue weighted by atomic mass is 10.1. The fraction of sp³-hybridized carbons (Fsp3) is 0.310. The number of nitrogens with zero attached hydrogens (tertiary/aromatic N) is 2. The molecule has 0 aliphatic rings. The molecule has 0 saturated heterocycles. The maximum atomic E-state index is 13.9. The number of carbonyl (C=O) groups is 2. The highest BCUT2D eigenvalue weighted by Gasteiger charge is 2.33. The summed E-state index contributed by atoms with van der Waals surface area (Å²) in [6.07, 6.45) is 0.921. The number of sulfonamides is 1. The summed E-state index contributed by atoms with van der Waals surface area (Å²) in [4.78, 5) is 28.6. The van der Waals surface area contributed by atoms with Crippen LogP contribution in [0.5, 0.6) is 0 Å². The van der Waals surface area contributed by atoms with Crippen LogP contribution in [0.1, 0.15) is 32.8 Å². The van der Waals surface area contributed by atoms with Crippen LogP contribution in [0.15, 0.2) is 94.3 Å². The van der Waals surface area contributed by atoms with Gasteiger partial charge in [0.1, 0.15) is 12.6 Å². The fourth-order valence-corrected chi connectivity index (χ4v) is 5.83. The van der Waals surface area contributed by atoms with Gasteiger partial charge in [-0.05, 0) is 68.7 Å². The molecule has 0 aliphatic carbocycles. The average Bonchev–Trinajstić information content (AvgIpc) is 2.90. The molecule has 2 amide bonds. The summed E-state index contributed by atoms with van der Waals surface area (Å²) in [5.41, 5.74) is 1.37. The Hall–Kier alpha value is -3.17. The zero-order valence-electron chi connectivity index (χ0n) is 21.9. The first-order chi connectivity index (χ1) is 18.1. The van der Waals surface area contributed by atoms with Gasteiger partial charge in [0.25, 0.3) is 10.0 Å². The molecule has 0 bridgehead atoms. The van der Waals surface area contributed by atoms with E-state index in [1.807, 2.05) is 51.1 Å². The topological polar surface area (TPSA) is 86.8 Å². The van der Waals surface area contributed by atoms with E-state index in [0.717, 1.165) is 14.3 Å². The molecule has 0 saturated carbocycles. The van der Waals surface area contributed by atoms with Crippen molar-refractivity contribution in [1.82, 2.24) is 10.2 Å². The van der Waals surface area contributed by atoms with Gasteiger partial charge in [-0.2, -0.15) is 0 Å². The lowest BCUT2D eigenvalue weighted by Gasteiger charge is -2.33. The second-order valence-corrected chi connectivity index (χ2v) is 12.0. The van der Waals surface area contributed by atoms with Crippen LogP contribution < -0.4 is 9.62 Å². The molecule has 38 heavy (non-hydrogen) atoms. The summed E-state index contributed by atoms with van der Waals surface area (Å²) in [6, 6.07) is 23.6. The number of amides is 2. The van der Waals surface area contributed by atoms with E-state index in [2.05, 4.69) is 21.2 Å². The molecule has 0 fully saturated rings. The summed E-state index contributed by atoms with van der Waals surface area (Å²) in [5.74, 6) is -0.709. The molecule has 0 unspecified atom stereocenters. The molecule has 7 nitrogen and oxygen atoms in total. The van der Waals surface area contributed by atoms with Crippen LogP contribution in [-0.2, 0) is 26.0 Å². The normalized spacial score (nSPS) is 12.1. The highest BCUT2D eigenvalue weighted by atomic mass is 79.9. The van der Waals surface area contributed by atoms with Gasteiger partial charge in [0, 0.05) is 17.1 Å².